The Kier molecular flexibility index (Phi) is 5.33. The molecule has 1 aromatic rings. The number of aryl methyl sites for hydroxylation is 1. The third-order valence-electron chi connectivity index (χ3n) is 4.80. The average molecular weight is 321 g/mol. The van der Waals surface area contributed by atoms with Gasteiger partial charge in [0.1, 0.15) is 6.61 Å². The van der Waals surface area contributed by atoms with Gasteiger partial charge in [-0.05, 0) is 33.1 Å². The van der Waals surface area contributed by atoms with Crippen molar-refractivity contribution in [3.05, 3.63) is 17.0 Å². The number of fused-ring (bicyclic) bond motifs is 1. The molecule has 1 atom stereocenters. The second-order valence-corrected chi connectivity index (χ2v) is 6.16. The lowest BCUT2D eigenvalue weighted by molar-refractivity contribution is -0.140. The third kappa shape index (κ3) is 3.28. The van der Waals surface area contributed by atoms with E-state index in [2.05, 4.69) is 11.6 Å². The fourth-order valence-electron chi connectivity index (χ4n) is 3.65. The van der Waals surface area contributed by atoms with Gasteiger partial charge in [0.25, 0.3) is 0 Å². The Morgan fingerprint density at radius 1 is 1.39 bits per heavy atom. The summed E-state index contributed by atoms with van der Waals surface area (Å²) >= 11 is 0. The molecule has 1 saturated heterocycles. The van der Waals surface area contributed by atoms with Gasteiger partial charge < -0.3 is 14.4 Å². The van der Waals surface area contributed by atoms with E-state index in [0.29, 0.717) is 13.2 Å². The van der Waals surface area contributed by atoms with Crippen LogP contribution in [0.25, 0.3) is 0 Å². The second-order valence-electron chi connectivity index (χ2n) is 6.16. The highest BCUT2D eigenvalue weighted by Gasteiger charge is 2.33. The summed E-state index contributed by atoms with van der Waals surface area (Å²) in [5.74, 6) is 0.0769. The van der Waals surface area contributed by atoms with Crippen molar-refractivity contribution in [3.8, 4) is 0 Å². The first kappa shape index (κ1) is 16.5. The standard InChI is InChI=1S/C17H27N3O3/c1-3-20-14-8-10-23-11-13(14)17(18-20)15-7-5-6-9-19(15)16(21)12-22-4-2/h15H,3-12H2,1-2H3. The average Bonchev–Trinajstić information content (AvgIpc) is 2.98. The first-order valence-corrected chi connectivity index (χ1v) is 8.79. The van der Waals surface area contributed by atoms with E-state index in [-0.39, 0.29) is 18.6 Å². The van der Waals surface area contributed by atoms with Gasteiger partial charge in [-0.1, -0.05) is 0 Å². The number of hydrogen-bond donors (Lipinski definition) is 0. The van der Waals surface area contributed by atoms with E-state index in [1.54, 1.807) is 0 Å². The molecule has 1 amide bonds. The van der Waals surface area contributed by atoms with Crippen molar-refractivity contribution in [2.45, 2.75) is 58.7 Å². The molecule has 0 aliphatic carbocycles. The van der Waals surface area contributed by atoms with Crippen molar-refractivity contribution >= 4 is 5.91 Å². The summed E-state index contributed by atoms with van der Waals surface area (Å²) in [6, 6.07) is 0.0694. The lowest BCUT2D eigenvalue weighted by Gasteiger charge is -2.35. The Labute approximate surface area is 137 Å². The van der Waals surface area contributed by atoms with Gasteiger partial charge in [0.15, 0.2) is 0 Å². The summed E-state index contributed by atoms with van der Waals surface area (Å²) < 4.78 is 13.1. The molecule has 0 aromatic carbocycles. The van der Waals surface area contributed by atoms with Crippen LogP contribution < -0.4 is 0 Å². The smallest absolute Gasteiger partial charge is 0.249 e. The molecule has 1 unspecified atom stereocenters. The lowest BCUT2D eigenvalue weighted by atomic mass is 9.95. The summed E-state index contributed by atoms with van der Waals surface area (Å²) in [4.78, 5) is 14.5. The molecule has 0 radical (unpaired) electrons. The van der Waals surface area contributed by atoms with Crippen LogP contribution in [0, 0.1) is 0 Å². The lowest BCUT2D eigenvalue weighted by Crippen LogP contribution is -2.41. The van der Waals surface area contributed by atoms with Gasteiger partial charge >= 0.3 is 0 Å². The van der Waals surface area contributed by atoms with Crippen LogP contribution in [0.5, 0.6) is 0 Å². The number of likely N-dealkylation sites (tertiary alicyclic amines) is 1. The Hall–Kier alpha value is -1.40. The SMILES string of the molecule is CCOCC(=O)N1CCCCC1c1nn(CC)c2c1COCC2. The summed E-state index contributed by atoms with van der Waals surface area (Å²) in [6.07, 6.45) is 4.08. The number of amides is 1. The van der Waals surface area contributed by atoms with E-state index in [1.165, 1.54) is 11.3 Å². The Morgan fingerprint density at radius 2 is 2.26 bits per heavy atom. The molecule has 3 heterocycles. The highest BCUT2D eigenvalue weighted by molar-refractivity contribution is 5.78. The van der Waals surface area contributed by atoms with Gasteiger partial charge in [0, 0.05) is 37.4 Å². The Bertz CT molecular complexity index is 556. The molecule has 23 heavy (non-hydrogen) atoms. The normalized spacial score (nSPS) is 21.3. The fraction of sp³-hybridized carbons (Fsp3) is 0.765. The van der Waals surface area contributed by atoms with Crippen molar-refractivity contribution in [2.24, 2.45) is 0 Å². The van der Waals surface area contributed by atoms with Crippen LogP contribution in [-0.4, -0.2) is 47.0 Å². The van der Waals surface area contributed by atoms with Gasteiger partial charge in [-0.2, -0.15) is 5.10 Å². The number of hydrogen-bond acceptors (Lipinski definition) is 4. The molecule has 1 aromatic heterocycles. The Morgan fingerprint density at radius 3 is 3.04 bits per heavy atom. The van der Waals surface area contributed by atoms with E-state index < -0.39 is 0 Å². The predicted octanol–water partition coefficient (Wildman–Crippen LogP) is 2.07. The van der Waals surface area contributed by atoms with Crippen LogP contribution in [0.4, 0.5) is 0 Å². The van der Waals surface area contributed by atoms with Crippen LogP contribution in [0.15, 0.2) is 0 Å². The zero-order chi connectivity index (χ0) is 16.2. The van der Waals surface area contributed by atoms with Crippen molar-refractivity contribution < 1.29 is 14.3 Å². The van der Waals surface area contributed by atoms with Crippen molar-refractivity contribution in [1.29, 1.82) is 0 Å². The molecular weight excluding hydrogens is 294 g/mol. The number of carbonyl (C=O) groups is 1. The van der Waals surface area contributed by atoms with Crippen LogP contribution >= 0.6 is 0 Å². The Balaban J connectivity index is 1.88. The molecule has 0 spiro atoms. The molecule has 0 bridgehead atoms. The first-order chi connectivity index (χ1) is 11.3. The summed E-state index contributed by atoms with van der Waals surface area (Å²) in [5, 5.41) is 4.85. The molecular formula is C17H27N3O3. The van der Waals surface area contributed by atoms with Crippen molar-refractivity contribution in [1.82, 2.24) is 14.7 Å². The van der Waals surface area contributed by atoms with Crippen LogP contribution in [0.3, 0.4) is 0 Å². The number of aromatic nitrogens is 2. The molecule has 1 fully saturated rings. The number of rotatable bonds is 5. The van der Waals surface area contributed by atoms with E-state index in [0.717, 1.165) is 51.1 Å². The summed E-state index contributed by atoms with van der Waals surface area (Å²) in [5.41, 5.74) is 3.54. The van der Waals surface area contributed by atoms with Crippen LogP contribution in [0.2, 0.25) is 0 Å². The summed E-state index contributed by atoms with van der Waals surface area (Å²) in [6.45, 7) is 7.80. The van der Waals surface area contributed by atoms with Crippen LogP contribution in [-0.2, 0) is 33.8 Å². The zero-order valence-electron chi connectivity index (χ0n) is 14.2. The fourth-order valence-corrected chi connectivity index (χ4v) is 3.65. The number of nitrogens with zero attached hydrogens (tertiary/aromatic N) is 3. The highest BCUT2D eigenvalue weighted by atomic mass is 16.5. The van der Waals surface area contributed by atoms with Crippen LogP contribution in [0.1, 0.15) is 56.1 Å². The molecule has 2 aliphatic rings. The maximum atomic E-state index is 12.5. The minimum atomic E-state index is 0.0694. The minimum absolute atomic E-state index is 0.0694. The topological polar surface area (TPSA) is 56.6 Å². The van der Waals surface area contributed by atoms with Gasteiger partial charge in [-0.25, -0.2) is 0 Å². The van der Waals surface area contributed by atoms with Gasteiger partial charge in [0.05, 0.1) is 24.9 Å². The molecule has 3 rings (SSSR count). The minimum Gasteiger partial charge on any atom is -0.376 e. The quantitative estimate of drug-likeness (QED) is 0.833. The predicted molar refractivity (Wildman–Crippen MR) is 86.1 cm³/mol. The highest BCUT2D eigenvalue weighted by Crippen LogP contribution is 2.35. The molecule has 6 nitrogen and oxygen atoms in total. The van der Waals surface area contributed by atoms with E-state index in [1.807, 2.05) is 11.8 Å². The maximum absolute atomic E-state index is 12.5. The second kappa shape index (κ2) is 7.45. The largest absolute Gasteiger partial charge is 0.376 e. The summed E-state index contributed by atoms with van der Waals surface area (Å²) in [7, 11) is 0. The monoisotopic (exact) mass is 321 g/mol. The van der Waals surface area contributed by atoms with Gasteiger partial charge in [-0.15, -0.1) is 0 Å². The number of ether oxygens (including phenoxy) is 2. The number of carbonyl (C=O) groups excluding carboxylic acids is 1. The molecule has 0 saturated carbocycles. The molecule has 128 valence electrons. The van der Waals surface area contributed by atoms with Gasteiger partial charge in [-0.3, -0.25) is 9.48 Å². The van der Waals surface area contributed by atoms with E-state index in [9.17, 15) is 4.79 Å². The molecule has 6 heteroatoms. The number of piperidine rings is 1. The van der Waals surface area contributed by atoms with Crippen molar-refractivity contribution in [3.63, 3.8) is 0 Å². The first-order valence-electron chi connectivity index (χ1n) is 8.79. The van der Waals surface area contributed by atoms with Crippen molar-refractivity contribution in [2.75, 3.05) is 26.4 Å². The maximum Gasteiger partial charge on any atom is 0.249 e. The molecule has 2 aliphatic heterocycles. The van der Waals surface area contributed by atoms with E-state index in [4.69, 9.17) is 14.6 Å². The van der Waals surface area contributed by atoms with E-state index >= 15 is 0 Å². The van der Waals surface area contributed by atoms with Gasteiger partial charge in [0.2, 0.25) is 5.91 Å². The third-order valence-corrected chi connectivity index (χ3v) is 4.80. The molecule has 0 N–H and O–H groups in total. The zero-order valence-corrected chi connectivity index (χ0v) is 14.2.